The van der Waals surface area contributed by atoms with Crippen molar-refractivity contribution in [2.45, 2.75) is 51.4 Å². The van der Waals surface area contributed by atoms with Gasteiger partial charge in [0.05, 0.1) is 24.8 Å². The maximum Gasteiger partial charge on any atom is 0.330 e. The lowest BCUT2D eigenvalue weighted by Crippen LogP contribution is -2.01. The standard InChI is InChI=1S/C26H31NO3/c1-2-26(28)30-20-10-8-6-4-3-5-7-9-19-29-25-17-15-24(16-18-25)23-13-11-22(21-27)12-14-23/h2,11-18H,1,3-10,19-20H2. The average Bonchev–Trinajstić information content (AvgIpc) is 2.80. The highest BCUT2D eigenvalue weighted by atomic mass is 16.5. The van der Waals surface area contributed by atoms with E-state index in [1.165, 1.54) is 38.2 Å². The molecule has 2 aromatic carbocycles. The third-order valence-corrected chi connectivity index (χ3v) is 4.92. The zero-order chi connectivity index (χ0) is 21.4. The lowest BCUT2D eigenvalue weighted by molar-refractivity contribution is -0.137. The van der Waals surface area contributed by atoms with Gasteiger partial charge >= 0.3 is 5.97 Å². The maximum absolute atomic E-state index is 10.9. The van der Waals surface area contributed by atoms with Gasteiger partial charge < -0.3 is 9.47 Å². The van der Waals surface area contributed by atoms with Crippen LogP contribution in [0, 0.1) is 11.3 Å². The van der Waals surface area contributed by atoms with Gasteiger partial charge in [0, 0.05) is 6.08 Å². The van der Waals surface area contributed by atoms with Crippen molar-refractivity contribution in [3.8, 4) is 22.9 Å². The summed E-state index contributed by atoms with van der Waals surface area (Å²) in [6.07, 6.45) is 10.4. The van der Waals surface area contributed by atoms with Crippen LogP contribution in [0.2, 0.25) is 0 Å². The second-order valence-electron chi connectivity index (χ2n) is 7.26. The third kappa shape index (κ3) is 8.96. The smallest absolute Gasteiger partial charge is 0.330 e. The summed E-state index contributed by atoms with van der Waals surface area (Å²) in [6.45, 7) is 4.61. The number of benzene rings is 2. The van der Waals surface area contributed by atoms with E-state index in [2.05, 4.69) is 24.8 Å². The fourth-order valence-corrected chi connectivity index (χ4v) is 3.17. The van der Waals surface area contributed by atoms with Crippen LogP contribution in [-0.2, 0) is 9.53 Å². The van der Waals surface area contributed by atoms with Gasteiger partial charge in [0.2, 0.25) is 0 Å². The van der Waals surface area contributed by atoms with Gasteiger partial charge in [-0.05, 0) is 48.2 Å². The third-order valence-electron chi connectivity index (χ3n) is 4.92. The van der Waals surface area contributed by atoms with Gasteiger partial charge in [0.1, 0.15) is 5.75 Å². The highest BCUT2D eigenvalue weighted by molar-refractivity contribution is 5.81. The molecule has 0 fully saturated rings. The lowest BCUT2D eigenvalue weighted by Gasteiger charge is -2.08. The van der Waals surface area contributed by atoms with Gasteiger partial charge in [0.25, 0.3) is 0 Å². The van der Waals surface area contributed by atoms with Crippen LogP contribution in [0.4, 0.5) is 0 Å². The summed E-state index contributed by atoms with van der Waals surface area (Å²) in [5.74, 6) is 0.559. The van der Waals surface area contributed by atoms with E-state index in [1.807, 2.05) is 36.4 Å². The zero-order valence-electron chi connectivity index (χ0n) is 17.6. The van der Waals surface area contributed by atoms with Crippen LogP contribution in [0.1, 0.15) is 56.9 Å². The molecule has 0 aromatic heterocycles. The number of carbonyl (C=O) groups excluding carboxylic acids is 1. The number of nitrogens with zero attached hydrogens (tertiary/aromatic N) is 1. The van der Waals surface area contributed by atoms with Gasteiger partial charge in [0.15, 0.2) is 0 Å². The van der Waals surface area contributed by atoms with Crippen LogP contribution in [0.5, 0.6) is 5.75 Å². The molecular formula is C26H31NO3. The summed E-state index contributed by atoms with van der Waals surface area (Å²) in [7, 11) is 0. The molecule has 0 aliphatic rings. The van der Waals surface area contributed by atoms with Gasteiger partial charge in [-0.25, -0.2) is 4.79 Å². The van der Waals surface area contributed by atoms with Crippen molar-refractivity contribution in [3.05, 3.63) is 66.7 Å². The van der Waals surface area contributed by atoms with Crippen molar-refractivity contribution in [2.75, 3.05) is 13.2 Å². The van der Waals surface area contributed by atoms with Crippen molar-refractivity contribution >= 4 is 5.97 Å². The van der Waals surface area contributed by atoms with Crippen molar-refractivity contribution in [1.82, 2.24) is 0 Å². The molecular weight excluding hydrogens is 374 g/mol. The van der Waals surface area contributed by atoms with E-state index >= 15 is 0 Å². The summed E-state index contributed by atoms with van der Waals surface area (Å²) in [4.78, 5) is 10.9. The van der Waals surface area contributed by atoms with Gasteiger partial charge in [-0.3, -0.25) is 0 Å². The fourth-order valence-electron chi connectivity index (χ4n) is 3.17. The Bertz CT molecular complexity index is 804. The minimum Gasteiger partial charge on any atom is -0.494 e. The summed E-state index contributed by atoms with van der Waals surface area (Å²) >= 11 is 0. The second kappa shape index (κ2) is 14.0. The minimum atomic E-state index is -0.334. The molecule has 0 amide bonds. The summed E-state index contributed by atoms with van der Waals surface area (Å²) < 4.78 is 10.8. The number of esters is 1. The molecule has 4 nitrogen and oxygen atoms in total. The Morgan fingerprint density at radius 2 is 1.30 bits per heavy atom. The molecule has 0 N–H and O–H groups in total. The number of ether oxygens (including phenoxy) is 2. The number of hydrogen-bond donors (Lipinski definition) is 0. The van der Waals surface area contributed by atoms with E-state index in [0.717, 1.165) is 42.7 Å². The van der Waals surface area contributed by atoms with E-state index < -0.39 is 0 Å². The molecule has 2 aromatic rings. The van der Waals surface area contributed by atoms with Crippen molar-refractivity contribution < 1.29 is 14.3 Å². The highest BCUT2D eigenvalue weighted by Gasteiger charge is 2.00. The monoisotopic (exact) mass is 405 g/mol. The van der Waals surface area contributed by atoms with E-state index in [1.54, 1.807) is 0 Å². The summed E-state index contributed by atoms with van der Waals surface area (Å²) in [5, 5.41) is 8.88. The Morgan fingerprint density at radius 1 is 0.800 bits per heavy atom. The molecule has 0 aliphatic carbocycles. The predicted octanol–water partition coefficient (Wildman–Crippen LogP) is 6.45. The van der Waals surface area contributed by atoms with E-state index in [9.17, 15) is 4.79 Å². The van der Waals surface area contributed by atoms with Crippen molar-refractivity contribution in [3.63, 3.8) is 0 Å². The first-order valence-corrected chi connectivity index (χ1v) is 10.8. The number of hydrogen-bond acceptors (Lipinski definition) is 4. The van der Waals surface area contributed by atoms with Gasteiger partial charge in [-0.15, -0.1) is 0 Å². The first-order chi connectivity index (χ1) is 14.7. The van der Waals surface area contributed by atoms with Crippen LogP contribution < -0.4 is 4.74 Å². The molecule has 0 radical (unpaired) electrons. The Balaban J connectivity index is 1.49. The predicted molar refractivity (Wildman–Crippen MR) is 120 cm³/mol. The maximum atomic E-state index is 10.9. The molecule has 0 unspecified atom stereocenters. The number of nitriles is 1. The normalized spacial score (nSPS) is 10.2. The number of rotatable bonds is 14. The molecule has 0 spiro atoms. The number of unbranched alkanes of at least 4 members (excludes halogenated alkanes) is 7. The van der Waals surface area contributed by atoms with Crippen LogP contribution in [0.25, 0.3) is 11.1 Å². The highest BCUT2D eigenvalue weighted by Crippen LogP contribution is 2.23. The topological polar surface area (TPSA) is 59.3 Å². The SMILES string of the molecule is C=CC(=O)OCCCCCCCCCCOc1ccc(-c2ccc(C#N)cc2)cc1. The Kier molecular flexibility index (Phi) is 10.8. The molecule has 4 heteroatoms. The molecule has 158 valence electrons. The first-order valence-electron chi connectivity index (χ1n) is 10.8. The Labute approximate surface area is 180 Å². The molecule has 0 saturated carbocycles. The summed E-state index contributed by atoms with van der Waals surface area (Å²) in [5.41, 5.74) is 2.88. The molecule has 30 heavy (non-hydrogen) atoms. The van der Waals surface area contributed by atoms with Gasteiger partial charge in [-0.2, -0.15) is 5.26 Å². The molecule has 0 atom stereocenters. The van der Waals surface area contributed by atoms with Gasteiger partial charge in [-0.1, -0.05) is 69.4 Å². The van der Waals surface area contributed by atoms with Crippen LogP contribution in [0.15, 0.2) is 61.2 Å². The average molecular weight is 406 g/mol. The fraction of sp³-hybridized carbons (Fsp3) is 0.385. The minimum absolute atomic E-state index is 0.334. The van der Waals surface area contributed by atoms with E-state index in [0.29, 0.717) is 12.2 Å². The number of carbonyl (C=O) groups is 1. The van der Waals surface area contributed by atoms with E-state index in [4.69, 9.17) is 14.7 Å². The molecule has 0 aliphatic heterocycles. The largest absolute Gasteiger partial charge is 0.494 e. The second-order valence-corrected chi connectivity index (χ2v) is 7.26. The molecule has 0 heterocycles. The molecule has 0 saturated heterocycles. The zero-order valence-corrected chi connectivity index (χ0v) is 17.6. The van der Waals surface area contributed by atoms with Crippen LogP contribution in [0.3, 0.4) is 0 Å². The van der Waals surface area contributed by atoms with E-state index in [-0.39, 0.29) is 5.97 Å². The summed E-state index contributed by atoms with van der Waals surface area (Å²) in [6, 6.07) is 17.8. The Hall–Kier alpha value is -3.06. The quantitative estimate of drug-likeness (QED) is 0.206. The molecule has 0 bridgehead atoms. The van der Waals surface area contributed by atoms with Crippen molar-refractivity contribution in [2.24, 2.45) is 0 Å². The van der Waals surface area contributed by atoms with Crippen LogP contribution >= 0.6 is 0 Å². The lowest BCUT2D eigenvalue weighted by atomic mass is 10.0. The van der Waals surface area contributed by atoms with Crippen LogP contribution in [-0.4, -0.2) is 19.2 Å². The molecule has 2 rings (SSSR count). The first kappa shape index (κ1) is 23.2. The Morgan fingerprint density at radius 3 is 1.83 bits per heavy atom. The van der Waals surface area contributed by atoms with Crippen molar-refractivity contribution in [1.29, 1.82) is 5.26 Å².